The number of H-pyrrole nitrogens is 1. The van der Waals surface area contributed by atoms with Gasteiger partial charge in [0.1, 0.15) is 11.5 Å². The van der Waals surface area contributed by atoms with Gasteiger partial charge in [-0.3, -0.25) is 4.79 Å². The molecule has 2 aliphatic rings. The quantitative estimate of drug-likeness (QED) is 0.785. The molecule has 0 unspecified atom stereocenters. The van der Waals surface area contributed by atoms with Gasteiger partial charge in [-0.05, 0) is 18.9 Å². The molecule has 4 rings (SSSR count). The number of carbonyl (C=O) groups is 1. The zero-order valence-electron chi connectivity index (χ0n) is 15.5. The molecule has 2 aromatic heterocycles. The minimum atomic E-state index is -3.40. The molecule has 9 nitrogen and oxygen atoms in total. The maximum Gasteiger partial charge on any atom is 0.281 e. The molecular weight excluding hydrogens is 368 g/mol. The Morgan fingerprint density at radius 2 is 1.96 bits per heavy atom. The molecular formula is C17H24N6O3S. The Morgan fingerprint density at radius 1 is 1.26 bits per heavy atom. The SMILES string of the molecule is CN(C)S(=O)(=O)N1CCN(c2cc(NC(=O)C3CC3)nc3[nH]ccc23)CC1. The van der Waals surface area contributed by atoms with Crippen LogP contribution in [0, 0.1) is 5.92 Å². The van der Waals surface area contributed by atoms with Crippen molar-refractivity contribution >= 4 is 38.7 Å². The molecule has 10 heteroatoms. The predicted octanol–water partition coefficient (Wildman–Crippen LogP) is 0.840. The first-order valence-corrected chi connectivity index (χ1v) is 10.5. The number of pyridine rings is 1. The maximum absolute atomic E-state index is 12.3. The Labute approximate surface area is 158 Å². The van der Waals surface area contributed by atoms with E-state index in [1.54, 1.807) is 14.1 Å². The maximum atomic E-state index is 12.3. The molecule has 1 aliphatic heterocycles. The standard InChI is InChI=1S/C17H24N6O3S/c1-21(2)27(25,26)23-9-7-22(8-10-23)14-11-15(20-17(24)12-3-4-12)19-16-13(14)5-6-18-16/h5-6,11-12H,3-4,7-10H2,1-2H3,(H2,18,19,20,24). The normalized spacial score (nSPS) is 19.0. The molecule has 3 heterocycles. The number of aromatic nitrogens is 2. The van der Waals surface area contributed by atoms with Crippen LogP contribution in [0.25, 0.3) is 11.0 Å². The van der Waals surface area contributed by atoms with Gasteiger partial charge in [0, 0.05) is 63.8 Å². The largest absolute Gasteiger partial charge is 0.368 e. The number of carbonyl (C=O) groups excluding carboxylic acids is 1. The van der Waals surface area contributed by atoms with E-state index in [-0.39, 0.29) is 11.8 Å². The second-order valence-electron chi connectivity index (χ2n) is 7.21. The zero-order chi connectivity index (χ0) is 19.2. The number of hydrogen-bond acceptors (Lipinski definition) is 5. The van der Waals surface area contributed by atoms with Gasteiger partial charge in [-0.2, -0.15) is 17.0 Å². The van der Waals surface area contributed by atoms with Crippen LogP contribution in [0.15, 0.2) is 18.3 Å². The number of amides is 1. The van der Waals surface area contributed by atoms with Crippen LogP contribution in [0.1, 0.15) is 12.8 Å². The Balaban J connectivity index is 1.56. The molecule has 146 valence electrons. The van der Waals surface area contributed by atoms with Crippen molar-refractivity contribution in [1.29, 1.82) is 0 Å². The Morgan fingerprint density at radius 3 is 2.59 bits per heavy atom. The molecule has 2 fully saturated rings. The van der Waals surface area contributed by atoms with Crippen LogP contribution in [-0.2, 0) is 15.0 Å². The van der Waals surface area contributed by atoms with Gasteiger partial charge in [0.15, 0.2) is 0 Å². The van der Waals surface area contributed by atoms with Crippen LogP contribution in [0.4, 0.5) is 11.5 Å². The van der Waals surface area contributed by atoms with Gasteiger partial charge in [0.2, 0.25) is 5.91 Å². The first-order chi connectivity index (χ1) is 12.9. The summed E-state index contributed by atoms with van der Waals surface area (Å²) in [6, 6.07) is 3.83. The lowest BCUT2D eigenvalue weighted by molar-refractivity contribution is -0.117. The number of fused-ring (bicyclic) bond motifs is 1. The van der Waals surface area contributed by atoms with Crippen molar-refractivity contribution in [2.24, 2.45) is 5.92 Å². The highest BCUT2D eigenvalue weighted by Crippen LogP contribution is 2.32. The fraction of sp³-hybridized carbons (Fsp3) is 0.529. The highest BCUT2D eigenvalue weighted by Gasteiger charge is 2.31. The summed E-state index contributed by atoms with van der Waals surface area (Å²) in [4.78, 5) is 21.8. The molecule has 1 amide bonds. The second kappa shape index (κ2) is 6.77. The molecule has 1 aliphatic carbocycles. The zero-order valence-corrected chi connectivity index (χ0v) is 16.3. The smallest absolute Gasteiger partial charge is 0.281 e. The van der Waals surface area contributed by atoms with E-state index in [1.807, 2.05) is 18.3 Å². The molecule has 27 heavy (non-hydrogen) atoms. The highest BCUT2D eigenvalue weighted by molar-refractivity contribution is 7.86. The van der Waals surface area contributed by atoms with Gasteiger partial charge in [-0.1, -0.05) is 0 Å². The lowest BCUT2D eigenvalue weighted by atomic mass is 10.2. The molecule has 1 saturated heterocycles. The van der Waals surface area contributed by atoms with Crippen LogP contribution >= 0.6 is 0 Å². The Bertz CT molecular complexity index is 958. The van der Waals surface area contributed by atoms with E-state index < -0.39 is 10.2 Å². The summed E-state index contributed by atoms with van der Waals surface area (Å²) in [5.74, 6) is 0.649. The number of rotatable bonds is 5. The molecule has 0 atom stereocenters. The third-order valence-corrected chi connectivity index (χ3v) is 7.01. The van der Waals surface area contributed by atoms with E-state index in [1.165, 1.54) is 8.61 Å². The highest BCUT2D eigenvalue weighted by atomic mass is 32.2. The van der Waals surface area contributed by atoms with E-state index >= 15 is 0 Å². The summed E-state index contributed by atoms with van der Waals surface area (Å²) in [5, 5.41) is 3.86. The number of anilines is 2. The summed E-state index contributed by atoms with van der Waals surface area (Å²) in [5.41, 5.74) is 1.66. The van der Waals surface area contributed by atoms with Crippen LogP contribution in [0.5, 0.6) is 0 Å². The number of nitrogens with one attached hydrogen (secondary N) is 2. The van der Waals surface area contributed by atoms with Gasteiger partial charge in [-0.25, -0.2) is 4.98 Å². The molecule has 0 aromatic carbocycles. The van der Waals surface area contributed by atoms with Gasteiger partial charge in [-0.15, -0.1) is 0 Å². The van der Waals surface area contributed by atoms with Crippen molar-refractivity contribution in [3.63, 3.8) is 0 Å². The Kier molecular flexibility index (Phi) is 4.57. The van der Waals surface area contributed by atoms with Crippen LogP contribution in [-0.4, -0.2) is 73.2 Å². The first-order valence-electron chi connectivity index (χ1n) is 9.08. The van der Waals surface area contributed by atoms with Crippen molar-refractivity contribution in [3.05, 3.63) is 18.3 Å². The second-order valence-corrected chi connectivity index (χ2v) is 9.35. The molecule has 2 N–H and O–H groups in total. The summed E-state index contributed by atoms with van der Waals surface area (Å²) < 4.78 is 27.4. The van der Waals surface area contributed by atoms with Crippen molar-refractivity contribution in [1.82, 2.24) is 18.6 Å². The Hall–Kier alpha value is -2.17. The van der Waals surface area contributed by atoms with Gasteiger partial charge in [0.05, 0.1) is 5.69 Å². The summed E-state index contributed by atoms with van der Waals surface area (Å²) in [6.07, 6.45) is 3.69. The number of aromatic amines is 1. The number of hydrogen-bond donors (Lipinski definition) is 2. The van der Waals surface area contributed by atoms with E-state index in [0.717, 1.165) is 23.9 Å². The van der Waals surface area contributed by atoms with Crippen LogP contribution in [0.2, 0.25) is 0 Å². The van der Waals surface area contributed by atoms with Gasteiger partial charge < -0.3 is 15.2 Å². The van der Waals surface area contributed by atoms with E-state index in [0.29, 0.717) is 37.6 Å². The first kappa shape index (κ1) is 18.2. The fourth-order valence-corrected chi connectivity index (χ4v) is 4.40. The fourth-order valence-electron chi connectivity index (χ4n) is 3.31. The summed E-state index contributed by atoms with van der Waals surface area (Å²) in [6.45, 7) is 1.98. The molecule has 1 saturated carbocycles. The minimum Gasteiger partial charge on any atom is -0.368 e. The monoisotopic (exact) mass is 392 g/mol. The molecule has 0 radical (unpaired) electrons. The summed E-state index contributed by atoms with van der Waals surface area (Å²) in [7, 11) is -0.311. The van der Waals surface area contributed by atoms with Gasteiger partial charge in [0.25, 0.3) is 10.2 Å². The third kappa shape index (κ3) is 3.52. The van der Waals surface area contributed by atoms with Crippen molar-refractivity contribution in [2.45, 2.75) is 12.8 Å². The van der Waals surface area contributed by atoms with Crippen molar-refractivity contribution in [2.75, 3.05) is 50.5 Å². The van der Waals surface area contributed by atoms with E-state index in [9.17, 15) is 13.2 Å². The molecule has 0 spiro atoms. The molecule has 0 bridgehead atoms. The topological polar surface area (TPSA) is 102 Å². The molecule has 2 aromatic rings. The summed E-state index contributed by atoms with van der Waals surface area (Å²) >= 11 is 0. The van der Waals surface area contributed by atoms with E-state index in [2.05, 4.69) is 20.2 Å². The van der Waals surface area contributed by atoms with Crippen LogP contribution in [0.3, 0.4) is 0 Å². The average Bonchev–Trinajstić information content (AvgIpc) is 3.39. The predicted molar refractivity (Wildman–Crippen MR) is 104 cm³/mol. The van der Waals surface area contributed by atoms with Crippen molar-refractivity contribution < 1.29 is 13.2 Å². The average molecular weight is 392 g/mol. The third-order valence-electron chi connectivity index (χ3n) is 5.07. The van der Waals surface area contributed by atoms with Crippen molar-refractivity contribution in [3.8, 4) is 0 Å². The lowest BCUT2D eigenvalue weighted by Gasteiger charge is -2.36. The number of nitrogens with zero attached hydrogens (tertiary/aromatic N) is 4. The van der Waals surface area contributed by atoms with E-state index in [4.69, 9.17) is 0 Å². The van der Waals surface area contributed by atoms with Crippen LogP contribution < -0.4 is 10.2 Å². The lowest BCUT2D eigenvalue weighted by Crippen LogP contribution is -2.51. The minimum absolute atomic E-state index is 0.0150. The van der Waals surface area contributed by atoms with Gasteiger partial charge >= 0.3 is 0 Å². The number of piperazine rings is 1.